The van der Waals surface area contributed by atoms with Crippen molar-refractivity contribution in [2.75, 3.05) is 0 Å². The van der Waals surface area contributed by atoms with Gasteiger partial charge in [-0.25, -0.2) is 4.98 Å². The van der Waals surface area contributed by atoms with E-state index in [1.165, 1.54) is 0 Å². The highest BCUT2D eigenvalue weighted by Crippen LogP contribution is 2.15. The third kappa shape index (κ3) is 3.23. The van der Waals surface area contributed by atoms with Crippen LogP contribution < -0.4 is 0 Å². The van der Waals surface area contributed by atoms with Gasteiger partial charge in [-0.05, 0) is 37.1 Å². The quantitative estimate of drug-likeness (QED) is 0.727. The molecular formula is C18H20N4O. The number of aromatic nitrogens is 3. The molecule has 0 aliphatic carbocycles. The first kappa shape index (κ1) is 15.2. The summed E-state index contributed by atoms with van der Waals surface area (Å²) in [5, 5.41) is 0. The van der Waals surface area contributed by atoms with Gasteiger partial charge in [-0.2, -0.15) is 0 Å². The molecule has 3 aromatic heterocycles. The summed E-state index contributed by atoms with van der Waals surface area (Å²) >= 11 is 0. The van der Waals surface area contributed by atoms with Crippen LogP contribution in [0.2, 0.25) is 0 Å². The SMILES string of the molecule is CCC(C)N(Cc1cccnc1)C(=O)c1ccc2nccn2c1. The van der Waals surface area contributed by atoms with Gasteiger partial charge in [-0.1, -0.05) is 13.0 Å². The average Bonchev–Trinajstić information content (AvgIpc) is 3.07. The molecule has 3 aromatic rings. The van der Waals surface area contributed by atoms with E-state index in [-0.39, 0.29) is 11.9 Å². The lowest BCUT2D eigenvalue weighted by atomic mass is 10.1. The van der Waals surface area contributed by atoms with E-state index in [9.17, 15) is 4.79 Å². The number of hydrogen-bond donors (Lipinski definition) is 0. The first-order chi connectivity index (χ1) is 11.2. The number of fused-ring (bicyclic) bond motifs is 1. The fourth-order valence-corrected chi connectivity index (χ4v) is 2.55. The van der Waals surface area contributed by atoms with Gasteiger partial charge < -0.3 is 9.30 Å². The van der Waals surface area contributed by atoms with Crippen LogP contribution in [-0.2, 0) is 6.54 Å². The molecule has 3 rings (SSSR count). The van der Waals surface area contributed by atoms with Crippen molar-refractivity contribution in [3.63, 3.8) is 0 Å². The molecule has 1 amide bonds. The van der Waals surface area contributed by atoms with Gasteiger partial charge in [0.05, 0.1) is 5.56 Å². The third-order valence-electron chi connectivity index (χ3n) is 4.10. The largest absolute Gasteiger partial charge is 0.332 e. The molecule has 0 fully saturated rings. The molecule has 0 aromatic carbocycles. The molecule has 118 valence electrons. The second kappa shape index (κ2) is 6.60. The van der Waals surface area contributed by atoms with E-state index < -0.39 is 0 Å². The average molecular weight is 308 g/mol. The lowest BCUT2D eigenvalue weighted by Gasteiger charge is -2.28. The van der Waals surface area contributed by atoms with E-state index in [0.29, 0.717) is 12.1 Å². The molecule has 1 unspecified atom stereocenters. The van der Waals surface area contributed by atoms with Gasteiger partial charge in [0.15, 0.2) is 0 Å². The number of pyridine rings is 2. The Balaban J connectivity index is 1.90. The van der Waals surface area contributed by atoms with Crippen LogP contribution in [-0.4, -0.2) is 31.2 Å². The number of hydrogen-bond acceptors (Lipinski definition) is 3. The summed E-state index contributed by atoms with van der Waals surface area (Å²) < 4.78 is 1.87. The molecule has 0 bridgehead atoms. The van der Waals surface area contributed by atoms with Gasteiger partial charge in [0, 0.05) is 43.6 Å². The summed E-state index contributed by atoms with van der Waals surface area (Å²) in [6, 6.07) is 7.75. The highest BCUT2D eigenvalue weighted by molar-refractivity contribution is 5.94. The molecule has 5 heteroatoms. The summed E-state index contributed by atoms with van der Waals surface area (Å²) in [6.07, 6.45) is 9.86. The Hall–Kier alpha value is -2.69. The normalized spacial score (nSPS) is 12.3. The van der Waals surface area contributed by atoms with Crippen molar-refractivity contribution in [1.29, 1.82) is 0 Å². The van der Waals surface area contributed by atoms with E-state index in [1.54, 1.807) is 12.4 Å². The van der Waals surface area contributed by atoms with Crippen LogP contribution in [0.1, 0.15) is 36.2 Å². The van der Waals surface area contributed by atoms with E-state index in [1.807, 2.05) is 52.2 Å². The maximum Gasteiger partial charge on any atom is 0.255 e. The van der Waals surface area contributed by atoms with Crippen LogP contribution in [0.3, 0.4) is 0 Å². The zero-order valence-corrected chi connectivity index (χ0v) is 13.4. The number of nitrogens with zero attached hydrogens (tertiary/aromatic N) is 4. The van der Waals surface area contributed by atoms with Crippen LogP contribution >= 0.6 is 0 Å². The molecule has 0 N–H and O–H groups in total. The topological polar surface area (TPSA) is 50.5 Å². The Labute approximate surface area is 135 Å². The summed E-state index contributed by atoms with van der Waals surface area (Å²) in [5.41, 5.74) is 2.54. The van der Waals surface area contributed by atoms with Crippen molar-refractivity contribution >= 4 is 11.6 Å². The molecule has 0 aliphatic heterocycles. The summed E-state index contributed by atoms with van der Waals surface area (Å²) in [5.74, 6) is 0.0267. The monoisotopic (exact) mass is 308 g/mol. The molecule has 1 atom stereocenters. The fourth-order valence-electron chi connectivity index (χ4n) is 2.55. The molecule has 0 saturated heterocycles. The molecule has 23 heavy (non-hydrogen) atoms. The van der Waals surface area contributed by atoms with Crippen LogP contribution in [0.25, 0.3) is 5.65 Å². The van der Waals surface area contributed by atoms with E-state index in [4.69, 9.17) is 0 Å². The highest BCUT2D eigenvalue weighted by atomic mass is 16.2. The van der Waals surface area contributed by atoms with Gasteiger partial charge in [-0.15, -0.1) is 0 Å². The van der Waals surface area contributed by atoms with Crippen molar-refractivity contribution in [3.8, 4) is 0 Å². The molecule has 0 aliphatic rings. The smallest absolute Gasteiger partial charge is 0.255 e. The number of carbonyl (C=O) groups excluding carboxylic acids is 1. The highest BCUT2D eigenvalue weighted by Gasteiger charge is 2.21. The predicted octanol–water partition coefficient (Wildman–Crippen LogP) is 3.17. The van der Waals surface area contributed by atoms with Crippen molar-refractivity contribution < 1.29 is 4.79 Å². The van der Waals surface area contributed by atoms with Crippen LogP contribution in [0.4, 0.5) is 0 Å². The Morgan fingerprint density at radius 3 is 2.91 bits per heavy atom. The van der Waals surface area contributed by atoms with Gasteiger partial charge in [0.2, 0.25) is 0 Å². The number of imidazole rings is 1. The van der Waals surface area contributed by atoms with E-state index in [2.05, 4.69) is 23.8 Å². The van der Waals surface area contributed by atoms with Gasteiger partial charge in [0.25, 0.3) is 5.91 Å². The predicted molar refractivity (Wildman–Crippen MR) is 89.1 cm³/mol. The molecule has 3 heterocycles. The van der Waals surface area contributed by atoms with Gasteiger partial charge in [-0.3, -0.25) is 9.78 Å². The zero-order valence-electron chi connectivity index (χ0n) is 13.4. The number of amides is 1. The molecule has 5 nitrogen and oxygen atoms in total. The molecule has 0 saturated carbocycles. The minimum atomic E-state index is 0.0267. The first-order valence-electron chi connectivity index (χ1n) is 7.81. The van der Waals surface area contributed by atoms with Gasteiger partial charge >= 0.3 is 0 Å². The third-order valence-corrected chi connectivity index (χ3v) is 4.10. The van der Waals surface area contributed by atoms with Crippen LogP contribution in [0, 0.1) is 0 Å². The maximum absolute atomic E-state index is 13.0. The summed E-state index contributed by atoms with van der Waals surface area (Å²) in [4.78, 5) is 23.2. The molecule has 0 radical (unpaired) electrons. The lowest BCUT2D eigenvalue weighted by Crippen LogP contribution is -2.37. The van der Waals surface area contributed by atoms with Crippen molar-refractivity contribution in [3.05, 3.63) is 66.4 Å². The Kier molecular flexibility index (Phi) is 4.37. The Morgan fingerprint density at radius 2 is 2.17 bits per heavy atom. The maximum atomic E-state index is 13.0. The Morgan fingerprint density at radius 1 is 1.30 bits per heavy atom. The van der Waals surface area contributed by atoms with Crippen molar-refractivity contribution in [2.24, 2.45) is 0 Å². The molecule has 0 spiro atoms. The number of rotatable bonds is 5. The zero-order chi connectivity index (χ0) is 16.2. The van der Waals surface area contributed by atoms with Gasteiger partial charge in [0.1, 0.15) is 5.65 Å². The lowest BCUT2D eigenvalue weighted by molar-refractivity contribution is 0.0671. The molecular weight excluding hydrogens is 288 g/mol. The fraction of sp³-hybridized carbons (Fsp3) is 0.278. The van der Waals surface area contributed by atoms with Crippen LogP contribution in [0.5, 0.6) is 0 Å². The van der Waals surface area contributed by atoms with E-state index >= 15 is 0 Å². The second-order valence-corrected chi connectivity index (χ2v) is 5.66. The summed E-state index contributed by atoms with van der Waals surface area (Å²) in [7, 11) is 0. The minimum Gasteiger partial charge on any atom is -0.332 e. The van der Waals surface area contributed by atoms with Crippen LogP contribution in [0.15, 0.2) is 55.2 Å². The first-order valence-corrected chi connectivity index (χ1v) is 7.81. The number of carbonyl (C=O) groups is 1. The second-order valence-electron chi connectivity index (χ2n) is 5.66. The minimum absolute atomic E-state index is 0.0267. The Bertz CT molecular complexity index is 797. The summed E-state index contributed by atoms with van der Waals surface area (Å²) in [6.45, 7) is 4.72. The van der Waals surface area contributed by atoms with Crippen molar-refractivity contribution in [2.45, 2.75) is 32.9 Å². The standard InChI is InChI=1S/C18H20N4O/c1-3-14(2)22(12-15-5-4-8-19-11-15)18(23)16-6-7-17-20-9-10-21(17)13-16/h4-11,13-14H,3,12H2,1-2H3. The van der Waals surface area contributed by atoms with Crippen molar-refractivity contribution in [1.82, 2.24) is 19.3 Å². The van der Waals surface area contributed by atoms with E-state index in [0.717, 1.165) is 17.6 Å².